The Hall–Kier alpha value is -1.07. The summed E-state index contributed by atoms with van der Waals surface area (Å²) in [5.41, 5.74) is 2.62. The second-order valence-electron chi connectivity index (χ2n) is 5.87. The van der Waals surface area contributed by atoms with Crippen LogP contribution in [0.2, 0.25) is 0 Å². The van der Waals surface area contributed by atoms with Crippen molar-refractivity contribution in [3.05, 3.63) is 23.3 Å². The van der Waals surface area contributed by atoms with Gasteiger partial charge in [-0.3, -0.25) is 0 Å². The lowest BCUT2D eigenvalue weighted by molar-refractivity contribution is 0.411. The zero-order valence-corrected chi connectivity index (χ0v) is 14.3. The molecule has 0 spiro atoms. The fraction of sp³-hybridized carbons (Fsp3) is 0.625. The van der Waals surface area contributed by atoms with Crippen molar-refractivity contribution in [2.45, 2.75) is 45.4 Å². The average Bonchev–Trinajstić information content (AvgIpc) is 3.18. The second kappa shape index (κ2) is 6.36. The molecule has 0 saturated heterocycles. The van der Waals surface area contributed by atoms with E-state index in [0.29, 0.717) is 23.9 Å². The van der Waals surface area contributed by atoms with Gasteiger partial charge in [-0.2, -0.15) is 4.31 Å². The van der Waals surface area contributed by atoms with Crippen molar-refractivity contribution in [3.63, 3.8) is 0 Å². The molecule has 1 saturated carbocycles. The lowest BCUT2D eigenvalue weighted by Crippen LogP contribution is -2.33. The average molecular weight is 310 g/mol. The summed E-state index contributed by atoms with van der Waals surface area (Å²) in [5, 5.41) is 3.24. The van der Waals surface area contributed by atoms with Crippen molar-refractivity contribution in [1.82, 2.24) is 4.31 Å². The Bertz CT molecular complexity index is 584. The molecular weight excluding hydrogens is 284 g/mol. The van der Waals surface area contributed by atoms with Gasteiger partial charge in [-0.1, -0.05) is 6.92 Å². The molecule has 118 valence electrons. The molecule has 21 heavy (non-hydrogen) atoms. The predicted octanol–water partition coefficient (Wildman–Crippen LogP) is 3.16. The third kappa shape index (κ3) is 3.58. The normalized spacial score (nSPS) is 15.5. The van der Waals surface area contributed by atoms with Crippen LogP contribution in [0.25, 0.3) is 0 Å². The van der Waals surface area contributed by atoms with Crippen LogP contribution in [0.1, 0.15) is 37.8 Å². The fourth-order valence-corrected chi connectivity index (χ4v) is 4.71. The maximum absolute atomic E-state index is 12.9. The Morgan fingerprint density at radius 2 is 1.76 bits per heavy atom. The highest BCUT2D eigenvalue weighted by Crippen LogP contribution is 2.33. The van der Waals surface area contributed by atoms with Gasteiger partial charge >= 0.3 is 0 Å². The highest BCUT2D eigenvalue weighted by atomic mass is 32.2. The molecule has 1 aliphatic rings. The summed E-state index contributed by atoms with van der Waals surface area (Å²) < 4.78 is 27.5. The first-order valence-corrected chi connectivity index (χ1v) is 9.19. The van der Waals surface area contributed by atoms with E-state index in [-0.39, 0.29) is 0 Å². The van der Waals surface area contributed by atoms with Gasteiger partial charge in [0.05, 0.1) is 4.90 Å². The summed E-state index contributed by atoms with van der Waals surface area (Å²) in [6.45, 7) is 9.73. The van der Waals surface area contributed by atoms with Crippen molar-refractivity contribution in [1.29, 1.82) is 0 Å². The van der Waals surface area contributed by atoms with Crippen LogP contribution >= 0.6 is 0 Å². The Morgan fingerprint density at radius 1 is 1.19 bits per heavy atom. The monoisotopic (exact) mass is 310 g/mol. The zero-order chi connectivity index (χ0) is 15.6. The van der Waals surface area contributed by atoms with E-state index >= 15 is 0 Å². The highest BCUT2D eigenvalue weighted by molar-refractivity contribution is 7.89. The molecule has 2 rings (SSSR count). The molecule has 4 nitrogen and oxygen atoms in total. The minimum absolute atomic E-state index is 0.478. The summed E-state index contributed by atoms with van der Waals surface area (Å²) in [6.07, 6.45) is 2.31. The maximum Gasteiger partial charge on any atom is 0.243 e. The lowest BCUT2D eigenvalue weighted by Gasteiger charge is -2.23. The lowest BCUT2D eigenvalue weighted by atomic mass is 10.1. The first-order chi connectivity index (χ1) is 9.90. The van der Waals surface area contributed by atoms with E-state index < -0.39 is 10.0 Å². The zero-order valence-electron chi connectivity index (χ0n) is 13.4. The SMILES string of the molecule is CCNc1cc(C)c(S(=O)(=O)N(CC)CC2CC2)c(C)c1. The van der Waals surface area contributed by atoms with Gasteiger partial charge in [-0.05, 0) is 62.8 Å². The van der Waals surface area contributed by atoms with Crippen LogP contribution in [0.5, 0.6) is 0 Å². The number of nitrogens with one attached hydrogen (secondary N) is 1. The van der Waals surface area contributed by atoms with Gasteiger partial charge in [0.1, 0.15) is 0 Å². The van der Waals surface area contributed by atoms with Gasteiger partial charge < -0.3 is 5.32 Å². The van der Waals surface area contributed by atoms with Gasteiger partial charge in [0.15, 0.2) is 0 Å². The van der Waals surface area contributed by atoms with E-state index in [4.69, 9.17) is 0 Å². The highest BCUT2D eigenvalue weighted by Gasteiger charge is 2.32. The number of hydrogen-bond acceptors (Lipinski definition) is 3. The van der Waals surface area contributed by atoms with Crippen LogP contribution in [0, 0.1) is 19.8 Å². The van der Waals surface area contributed by atoms with Gasteiger partial charge in [0, 0.05) is 25.3 Å². The molecule has 1 aliphatic carbocycles. The van der Waals surface area contributed by atoms with Crippen LogP contribution in [0.4, 0.5) is 5.69 Å². The van der Waals surface area contributed by atoms with Crippen LogP contribution in [-0.2, 0) is 10.0 Å². The van der Waals surface area contributed by atoms with E-state index in [1.165, 1.54) is 0 Å². The van der Waals surface area contributed by atoms with Crippen molar-refractivity contribution in [2.75, 3.05) is 25.0 Å². The predicted molar refractivity (Wildman–Crippen MR) is 87.2 cm³/mol. The molecule has 1 N–H and O–H groups in total. The summed E-state index contributed by atoms with van der Waals surface area (Å²) in [6, 6.07) is 3.85. The Balaban J connectivity index is 2.38. The molecule has 0 bridgehead atoms. The number of nitrogens with zero attached hydrogens (tertiary/aromatic N) is 1. The Kier molecular flexibility index (Phi) is 4.94. The molecule has 0 radical (unpaired) electrons. The molecule has 0 aliphatic heterocycles. The van der Waals surface area contributed by atoms with Gasteiger partial charge in [-0.25, -0.2) is 8.42 Å². The van der Waals surface area contributed by atoms with E-state index in [9.17, 15) is 8.42 Å². The van der Waals surface area contributed by atoms with Crippen molar-refractivity contribution >= 4 is 15.7 Å². The summed E-state index contributed by atoms with van der Waals surface area (Å²) in [5.74, 6) is 0.557. The molecule has 1 aromatic rings. The van der Waals surface area contributed by atoms with E-state index in [1.54, 1.807) is 4.31 Å². The number of anilines is 1. The van der Waals surface area contributed by atoms with Crippen LogP contribution in [-0.4, -0.2) is 32.4 Å². The number of hydrogen-bond donors (Lipinski definition) is 1. The first kappa shape index (κ1) is 16.3. The molecule has 0 aromatic heterocycles. The van der Waals surface area contributed by atoms with E-state index in [2.05, 4.69) is 5.32 Å². The van der Waals surface area contributed by atoms with E-state index in [0.717, 1.165) is 36.2 Å². The number of sulfonamides is 1. The smallest absolute Gasteiger partial charge is 0.243 e. The third-order valence-electron chi connectivity index (χ3n) is 3.95. The number of benzene rings is 1. The van der Waals surface area contributed by atoms with Crippen LogP contribution < -0.4 is 5.32 Å². The first-order valence-electron chi connectivity index (χ1n) is 7.75. The van der Waals surface area contributed by atoms with Crippen molar-refractivity contribution < 1.29 is 8.42 Å². The van der Waals surface area contributed by atoms with Gasteiger partial charge in [0.2, 0.25) is 10.0 Å². The van der Waals surface area contributed by atoms with Crippen LogP contribution in [0.15, 0.2) is 17.0 Å². The Labute approximate surface area is 128 Å². The summed E-state index contributed by atoms with van der Waals surface area (Å²) in [7, 11) is -3.39. The number of aryl methyl sites for hydroxylation is 2. The largest absolute Gasteiger partial charge is 0.385 e. The third-order valence-corrected chi connectivity index (χ3v) is 6.20. The number of rotatable bonds is 7. The summed E-state index contributed by atoms with van der Waals surface area (Å²) >= 11 is 0. The van der Waals surface area contributed by atoms with Crippen LogP contribution in [0.3, 0.4) is 0 Å². The molecule has 5 heteroatoms. The molecule has 0 heterocycles. The van der Waals surface area contributed by atoms with Crippen molar-refractivity contribution in [3.8, 4) is 0 Å². The Morgan fingerprint density at radius 3 is 2.19 bits per heavy atom. The molecule has 0 atom stereocenters. The fourth-order valence-electron chi connectivity index (χ4n) is 2.78. The molecule has 0 amide bonds. The molecular formula is C16H26N2O2S. The maximum atomic E-state index is 12.9. The van der Waals surface area contributed by atoms with E-state index in [1.807, 2.05) is 39.8 Å². The summed E-state index contributed by atoms with van der Waals surface area (Å²) in [4.78, 5) is 0.478. The molecule has 1 fully saturated rings. The van der Waals surface area contributed by atoms with Gasteiger partial charge in [-0.15, -0.1) is 0 Å². The minimum Gasteiger partial charge on any atom is -0.385 e. The topological polar surface area (TPSA) is 49.4 Å². The molecule has 1 aromatic carbocycles. The van der Waals surface area contributed by atoms with Gasteiger partial charge in [0.25, 0.3) is 0 Å². The second-order valence-corrected chi connectivity index (χ2v) is 7.74. The quantitative estimate of drug-likeness (QED) is 0.841. The molecule has 0 unspecified atom stereocenters. The standard InChI is InChI=1S/C16H26N2O2S/c1-5-17-15-9-12(3)16(13(4)10-15)21(19,20)18(6-2)11-14-7-8-14/h9-10,14,17H,5-8,11H2,1-4H3. The van der Waals surface area contributed by atoms with Crippen molar-refractivity contribution in [2.24, 2.45) is 5.92 Å². The minimum atomic E-state index is -3.39.